The van der Waals surface area contributed by atoms with Crippen LogP contribution in [0.5, 0.6) is 0 Å². The first-order chi connectivity index (χ1) is 8.34. The molecule has 1 aliphatic rings. The first kappa shape index (κ1) is 10.8. The average Bonchev–Trinajstić information content (AvgIpc) is 2.99. The normalized spacial score (nSPS) is 16.5. The fourth-order valence-electron chi connectivity index (χ4n) is 2.61. The van der Waals surface area contributed by atoms with Crippen LogP contribution in [0, 0.1) is 4.64 Å². The van der Waals surface area contributed by atoms with Crippen LogP contribution in [0.25, 0.3) is 11.3 Å². The lowest BCUT2D eigenvalue weighted by atomic mass is 10.2. The van der Waals surface area contributed by atoms with Crippen molar-refractivity contribution in [1.29, 1.82) is 0 Å². The van der Waals surface area contributed by atoms with Crippen LogP contribution < -0.4 is 0 Å². The summed E-state index contributed by atoms with van der Waals surface area (Å²) < 4.78 is 3.10. The predicted octanol–water partition coefficient (Wildman–Crippen LogP) is 4.33. The minimum atomic E-state index is 0.583. The van der Waals surface area contributed by atoms with Crippen molar-refractivity contribution in [2.75, 3.05) is 0 Å². The summed E-state index contributed by atoms with van der Waals surface area (Å²) in [6.45, 7) is 0. The highest BCUT2D eigenvalue weighted by atomic mass is 32.1. The standard InChI is InChI=1S/C14H16N2S/c17-14-10-13(11-6-2-1-3-7-11)15-16(14)12-8-4-5-9-12/h1-3,6-7,10,12,15H,4-5,8-9H2. The molecule has 2 nitrogen and oxygen atoms in total. The number of aromatic amines is 1. The van der Waals surface area contributed by atoms with Gasteiger partial charge in [0.2, 0.25) is 0 Å². The van der Waals surface area contributed by atoms with Gasteiger partial charge in [0.15, 0.2) is 0 Å². The molecule has 0 bridgehead atoms. The number of hydrogen-bond donors (Lipinski definition) is 1. The van der Waals surface area contributed by atoms with Crippen molar-refractivity contribution in [3.8, 4) is 11.3 Å². The van der Waals surface area contributed by atoms with Crippen molar-refractivity contribution in [3.05, 3.63) is 41.0 Å². The van der Waals surface area contributed by atoms with E-state index in [1.54, 1.807) is 0 Å². The molecule has 0 radical (unpaired) electrons. The van der Waals surface area contributed by atoms with Crippen LogP contribution in [0.3, 0.4) is 0 Å². The van der Waals surface area contributed by atoms with Crippen LogP contribution in [0.4, 0.5) is 0 Å². The Morgan fingerprint density at radius 2 is 1.82 bits per heavy atom. The maximum absolute atomic E-state index is 5.44. The third kappa shape index (κ3) is 2.07. The highest BCUT2D eigenvalue weighted by Gasteiger charge is 2.18. The van der Waals surface area contributed by atoms with Gasteiger partial charge in [-0.2, -0.15) is 0 Å². The third-order valence-electron chi connectivity index (χ3n) is 3.52. The Labute approximate surface area is 106 Å². The predicted molar refractivity (Wildman–Crippen MR) is 72.6 cm³/mol. The number of nitrogens with one attached hydrogen (secondary N) is 1. The van der Waals surface area contributed by atoms with Crippen LogP contribution in [0.2, 0.25) is 0 Å². The van der Waals surface area contributed by atoms with Crippen molar-refractivity contribution < 1.29 is 0 Å². The van der Waals surface area contributed by atoms with Crippen molar-refractivity contribution in [1.82, 2.24) is 9.78 Å². The first-order valence-electron chi connectivity index (χ1n) is 6.21. The van der Waals surface area contributed by atoms with Gasteiger partial charge in [0.25, 0.3) is 0 Å². The van der Waals surface area contributed by atoms with Gasteiger partial charge in [0.05, 0.1) is 11.7 Å². The Balaban J connectivity index is 1.98. The maximum Gasteiger partial charge on any atom is 0.122 e. The zero-order valence-corrected chi connectivity index (χ0v) is 10.5. The average molecular weight is 244 g/mol. The van der Waals surface area contributed by atoms with Gasteiger partial charge in [-0.05, 0) is 24.5 Å². The minimum absolute atomic E-state index is 0.583. The second-order valence-corrected chi connectivity index (χ2v) is 5.10. The summed E-state index contributed by atoms with van der Waals surface area (Å²) in [6.07, 6.45) is 5.16. The summed E-state index contributed by atoms with van der Waals surface area (Å²) in [6, 6.07) is 13.0. The molecule has 0 unspecified atom stereocenters. The van der Waals surface area contributed by atoms with Gasteiger partial charge in [-0.15, -0.1) is 0 Å². The van der Waals surface area contributed by atoms with Crippen molar-refractivity contribution in [2.24, 2.45) is 0 Å². The Kier molecular flexibility index (Phi) is 2.85. The van der Waals surface area contributed by atoms with Gasteiger partial charge in [0, 0.05) is 0 Å². The molecular weight excluding hydrogens is 228 g/mol. The van der Waals surface area contributed by atoms with Crippen LogP contribution in [-0.2, 0) is 0 Å². The summed E-state index contributed by atoms with van der Waals surface area (Å²) in [7, 11) is 0. The van der Waals surface area contributed by atoms with Crippen molar-refractivity contribution in [3.63, 3.8) is 0 Å². The van der Waals surface area contributed by atoms with Crippen LogP contribution in [-0.4, -0.2) is 9.78 Å². The van der Waals surface area contributed by atoms with Crippen molar-refractivity contribution >= 4 is 12.2 Å². The Morgan fingerprint density at radius 3 is 2.53 bits per heavy atom. The van der Waals surface area contributed by atoms with Crippen LogP contribution in [0.1, 0.15) is 31.7 Å². The summed E-state index contributed by atoms with van der Waals surface area (Å²) in [5, 5.41) is 3.45. The first-order valence-corrected chi connectivity index (χ1v) is 6.62. The number of benzene rings is 1. The third-order valence-corrected chi connectivity index (χ3v) is 3.84. The van der Waals surface area contributed by atoms with Gasteiger partial charge in [-0.25, -0.2) is 0 Å². The minimum Gasteiger partial charge on any atom is -0.297 e. The molecule has 17 heavy (non-hydrogen) atoms. The van der Waals surface area contributed by atoms with Crippen LogP contribution in [0.15, 0.2) is 36.4 Å². The second kappa shape index (κ2) is 4.49. The lowest BCUT2D eigenvalue weighted by Gasteiger charge is -2.10. The summed E-state index contributed by atoms with van der Waals surface area (Å²) in [4.78, 5) is 0. The fraction of sp³-hybridized carbons (Fsp3) is 0.357. The zero-order chi connectivity index (χ0) is 11.7. The molecule has 2 aromatic rings. The molecule has 1 N–H and O–H groups in total. The largest absolute Gasteiger partial charge is 0.297 e. The molecule has 3 heteroatoms. The fourth-order valence-corrected chi connectivity index (χ4v) is 2.92. The number of H-pyrrole nitrogens is 1. The highest BCUT2D eigenvalue weighted by molar-refractivity contribution is 7.71. The Hall–Kier alpha value is -1.35. The lowest BCUT2D eigenvalue weighted by molar-refractivity contribution is 0.463. The molecule has 3 rings (SSSR count). The number of aromatic nitrogens is 2. The topological polar surface area (TPSA) is 20.7 Å². The molecule has 1 aliphatic carbocycles. The summed E-state index contributed by atoms with van der Waals surface area (Å²) in [5.74, 6) is 0. The van der Waals surface area contributed by atoms with E-state index < -0.39 is 0 Å². The molecule has 1 fully saturated rings. The smallest absolute Gasteiger partial charge is 0.122 e. The monoisotopic (exact) mass is 244 g/mol. The van der Waals surface area contributed by atoms with E-state index in [-0.39, 0.29) is 0 Å². The number of rotatable bonds is 2. The molecule has 0 atom stereocenters. The molecule has 0 aliphatic heterocycles. The molecule has 1 saturated carbocycles. The molecule has 88 valence electrons. The van der Waals surface area contributed by atoms with E-state index in [0.29, 0.717) is 6.04 Å². The van der Waals surface area contributed by atoms with E-state index >= 15 is 0 Å². The molecular formula is C14H16N2S. The SMILES string of the molecule is S=c1cc(-c2ccccc2)[nH]n1C1CCCC1. The molecule has 0 saturated heterocycles. The van der Waals surface area contributed by atoms with E-state index in [9.17, 15) is 0 Å². The van der Waals surface area contributed by atoms with E-state index in [4.69, 9.17) is 12.2 Å². The van der Waals surface area contributed by atoms with E-state index in [2.05, 4.69) is 40.1 Å². The van der Waals surface area contributed by atoms with Gasteiger partial charge < -0.3 is 0 Å². The van der Waals surface area contributed by atoms with E-state index in [1.165, 1.54) is 31.2 Å². The van der Waals surface area contributed by atoms with Gasteiger partial charge >= 0.3 is 0 Å². The molecule has 1 aromatic heterocycles. The van der Waals surface area contributed by atoms with E-state index in [1.807, 2.05) is 6.07 Å². The van der Waals surface area contributed by atoms with Gasteiger partial charge in [-0.3, -0.25) is 9.78 Å². The lowest BCUT2D eigenvalue weighted by Crippen LogP contribution is -2.06. The van der Waals surface area contributed by atoms with Crippen LogP contribution >= 0.6 is 12.2 Å². The van der Waals surface area contributed by atoms with E-state index in [0.717, 1.165) is 10.3 Å². The summed E-state index contributed by atoms with van der Waals surface area (Å²) in [5.41, 5.74) is 2.33. The Bertz CT molecular complexity index is 547. The second-order valence-electron chi connectivity index (χ2n) is 4.68. The molecule has 1 heterocycles. The Morgan fingerprint density at radius 1 is 1.12 bits per heavy atom. The number of nitrogens with zero attached hydrogens (tertiary/aromatic N) is 1. The summed E-state index contributed by atoms with van der Waals surface area (Å²) >= 11 is 5.44. The number of hydrogen-bond acceptors (Lipinski definition) is 1. The zero-order valence-electron chi connectivity index (χ0n) is 9.73. The maximum atomic E-state index is 5.44. The highest BCUT2D eigenvalue weighted by Crippen LogP contribution is 2.30. The molecule has 1 aromatic carbocycles. The quantitative estimate of drug-likeness (QED) is 0.780. The molecule has 0 amide bonds. The van der Waals surface area contributed by atoms with Gasteiger partial charge in [-0.1, -0.05) is 55.4 Å². The van der Waals surface area contributed by atoms with Gasteiger partial charge in [0.1, 0.15) is 4.64 Å². The molecule has 0 spiro atoms. The van der Waals surface area contributed by atoms with Crippen molar-refractivity contribution in [2.45, 2.75) is 31.7 Å².